The number of benzene rings is 1. The normalized spacial score (nSPS) is 15.3. The fraction of sp³-hybridized carbons (Fsp3) is 0.588. The van der Waals surface area contributed by atoms with Gasteiger partial charge in [-0.2, -0.15) is 0 Å². The van der Waals surface area contributed by atoms with E-state index in [2.05, 4.69) is 36.2 Å². The summed E-state index contributed by atoms with van der Waals surface area (Å²) in [5.41, 5.74) is 2.02. The molecule has 128 valence electrons. The molecular formula is C17H27N3O2S. The summed E-state index contributed by atoms with van der Waals surface area (Å²) < 4.78 is 5.36. The Morgan fingerprint density at radius 2 is 1.96 bits per heavy atom. The van der Waals surface area contributed by atoms with Crippen LogP contribution in [0.15, 0.2) is 24.3 Å². The number of hydrogen-bond acceptors (Lipinski definition) is 5. The Labute approximate surface area is 143 Å². The summed E-state index contributed by atoms with van der Waals surface area (Å²) in [5.74, 6) is 0.886. The van der Waals surface area contributed by atoms with Gasteiger partial charge in [0.1, 0.15) is 0 Å². The van der Waals surface area contributed by atoms with Crippen LogP contribution < -0.4 is 10.2 Å². The molecule has 1 aromatic rings. The van der Waals surface area contributed by atoms with Gasteiger partial charge in [0.25, 0.3) is 0 Å². The van der Waals surface area contributed by atoms with Crippen molar-refractivity contribution in [1.29, 1.82) is 0 Å². The molecular weight excluding hydrogens is 310 g/mol. The van der Waals surface area contributed by atoms with Crippen molar-refractivity contribution in [2.45, 2.75) is 19.1 Å². The molecule has 1 N–H and O–H groups in total. The van der Waals surface area contributed by atoms with Crippen molar-refractivity contribution in [3.8, 4) is 0 Å². The van der Waals surface area contributed by atoms with Gasteiger partial charge in [-0.25, -0.2) is 0 Å². The lowest BCUT2D eigenvalue weighted by molar-refractivity contribution is -0.116. The molecule has 1 fully saturated rings. The summed E-state index contributed by atoms with van der Waals surface area (Å²) in [5, 5.41) is 3.53. The molecule has 1 heterocycles. The monoisotopic (exact) mass is 337 g/mol. The van der Waals surface area contributed by atoms with Gasteiger partial charge >= 0.3 is 0 Å². The number of likely N-dealkylation sites (N-methyl/N-ethyl adjacent to an activating group) is 1. The summed E-state index contributed by atoms with van der Waals surface area (Å²) in [7, 11) is 1.97. The van der Waals surface area contributed by atoms with Crippen LogP contribution in [-0.4, -0.2) is 61.8 Å². The van der Waals surface area contributed by atoms with Gasteiger partial charge in [0.15, 0.2) is 0 Å². The second kappa shape index (κ2) is 9.15. The van der Waals surface area contributed by atoms with Crippen LogP contribution in [0.4, 0.5) is 11.4 Å². The number of amides is 1. The van der Waals surface area contributed by atoms with Gasteiger partial charge in [-0.05, 0) is 31.3 Å². The van der Waals surface area contributed by atoms with E-state index in [1.807, 2.05) is 35.8 Å². The summed E-state index contributed by atoms with van der Waals surface area (Å²) in [6, 6.07) is 8.04. The number of ether oxygens (including phenoxy) is 1. The van der Waals surface area contributed by atoms with E-state index in [0.717, 1.165) is 37.9 Å². The van der Waals surface area contributed by atoms with E-state index >= 15 is 0 Å². The fourth-order valence-electron chi connectivity index (χ4n) is 2.34. The zero-order chi connectivity index (χ0) is 16.7. The van der Waals surface area contributed by atoms with Gasteiger partial charge in [0, 0.05) is 35.6 Å². The minimum Gasteiger partial charge on any atom is -0.378 e. The first-order valence-corrected chi connectivity index (χ1v) is 9.12. The number of thioether (sulfide) groups is 1. The molecule has 0 aliphatic carbocycles. The lowest BCUT2D eigenvalue weighted by Gasteiger charge is -2.28. The maximum Gasteiger partial charge on any atom is 0.238 e. The average Bonchev–Trinajstić information content (AvgIpc) is 2.54. The average molecular weight is 337 g/mol. The Balaban J connectivity index is 1.79. The molecule has 0 spiro atoms. The molecule has 23 heavy (non-hydrogen) atoms. The molecule has 1 amide bonds. The van der Waals surface area contributed by atoms with E-state index in [1.54, 1.807) is 0 Å². The Kier molecular flexibility index (Phi) is 7.20. The van der Waals surface area contributed by atoms with E-state index < -0.39 is 0 Å². The number of nitrogens with one attached hydrogen (secondary N) is 1. The second-order valence-electron chi connectivity index (χ2n) is 6.05. The van der Waals surface area contributed by atoms with Gasteiger partial charge in [-0.1, -0.05) is 13.8 Å². The SMILES string of the molecule is CC(C)SCN(C)CC(=O)Nc1ccc(N2CCOCC2)cc1. The van der Waals surface area contributed by atoms with Crippen LogP contribution in [0.1, 0.15) is 13.8 Å². The van der Waals surface area contributed by atoms with Gasteiger partial charge in [-0.3, -0.25) is 9.69 Å². The molecule has 1 aromatic carbocycles. The van der Waals surface area contributed by atoms with Crippen LogP contribution in [0, 0.1) is 0 Å². The molecule has 6 heteroatoms. The summed E-state index contributed by atoms with van der Waals surface area (Å²) >= 11 is 1.84. The number of morpholine rings is 1. The third-order valence-electron chi connectivity index (χ3n) is 3.57. The Bertz CT molecular complexity index is 487. The van der Waals surface area contributed by atoms with Crippen LogP contribution >= 0.6 is 11.8 Å². The van der Waals surface area contributed by atoms with Gasteiger partial charge in [-0.15, -0.1) is 11.8 Å². The zero-order valence-electron chi connectivity index (χ0n) is 14.2. The quantitative estimate of drug-likeness (QED) is 0.775. The van der Waals surface area contributed by atoms with Crippen molar-refractivity contribution < 1.29 is 9.53 Å². The first kappa shape index (κ1) is 18.1. The fourth-order valence-corrected chi connectivity index (χ4v) is 2.99. The highest BCUT2D eigenvalue weighted by atomic mass is 32.2. The Morgan fingerprint density at radius 1 is 1.30 bits per heavy atom. The third-order valence-corrected chi connectivity index (χ3v) is 4.83. The highest BCUT2D eigenvalue weighted by molar-refractivity contribution is 7.99. The van der Waals surface area contributed by atoms with Crippen LogP contribution in [-0.2, 0) is 9.53 Å². The number of rotatable bonds is 7. The van der Waals surface area contributed by atoms with Gasteiger partial charge < -0.3 is 15.0 Å². The number of carbonyl (C=O) groups is 1. The van der Waals surface area contributed by atoms with E-state index in [9.17, 15) is 4.79 Å². The van der Waals surface area contributed by atoms with E-state index in [-0.39, 0.29) is 5.91 Å². The van der Waals surface area contributed by atoms with Gasteiger partial charge in [0.05, 0.1) is 19.8 Å². The summed E-state index contributed by atoms with van der Waals surface area (Å²) in [4.78, 5) is 16.4. The smallest absolute Gasteiger partial charge is 0.238 e. The maximum absolute atomic E-state index is 12.1. The molecule has 0 radical (unpaired) electrons. The molecule has 1 saturated heterocycles. The second-order valence-corrected chi connectivity index (χ2v) is 7.59. The topological polar surface area (TPSA) is 44.8 Å². The molecule has 0 saturated carbocycles. The molecule has 1 aliphatic heterocycles. The third kappa shape index (κ3) is 6.41. The molecule has 0 bridgehead atoms. The molecule has 2 rings (SSSR count). The molecule has 0 atom stereocenters. The Hall–Kier alpha value is -1.24. The van der Waals surface area contributed by atoms with Crippen molar-refractivity contribution in [2.75, 3.05) is 56.0 Å². The van der Waals surface area contributed by atoms with Crippen molar-refractivity contribution in [1.82, 2.24) is 4.90 Å². The highest BCUT2D eigenvalue weighted by Gasteiger charge is 2.12. The number of hydrogen-bond donors (Lipinski definition) is 1. The largest absolute Gasteiger partial charge is 0.378 e. The molecule has 0 unspecified atom stereocenters. The van der Waals surface area contributed by atoms with Crippen molar-refractivity contribution in [3.63, 3.8) is 0 Å². The van der Waals surface area contributed by atoms with Crippen LogP contribution in [0.3, 0.4) is 0 Å². The zero-order valence-corrected chi connectivity index (χ0v) is 15.1. The minimum atomic E-state index is 0.0241. The Morgan fingerprint density at radius 3 is 2.57 bits per heavy atom. The van der Waals surface area contributed by atoms with Crippen molar-refractivity contribution >= 4 is 29.0 Å². The van der Waals surface area contributed by atoms with Crippen LogP contribution in [0.5, 0.6) is 0 Å². The van der Waals surface area contributed by atoms with Crippen LogP contribution in [0.2, 0.25) is 0 Å². The maximum atomic E-state index is 12.1. The lowest BCUT2D eigenvalue weighted by Crippen LogP contribution is -2.36. The lowest BCUT2D eigenvalue weighted by atomic mass is 10.2. The molecule has 0 aromatic heterocycles. The van der Waals surface area contributed by atoms with E-state index in [1.165, 1.54) is 5.69 Å². The number of carbonyl (C=O) groups excluding carboxylic acids is 1. The van der Waals surface area contributed by atoms with Crippen LogP contribution in [0.25, 0.3) is 0 Å². The standard InChI is InChI=1S/C17H27N3O2S/c1-14(2)23-13-19(3)12-17(21)18-15-4-6-16(7-5-15)20-8-10-22-11-9-20/h4-7,14H,8-13H2,1-3H3,(H,18,21). The molecule has 1 aliphatic rings. The predicted molar refractivity (Wildman–Crippen MR) is 98.3 cm³/mol. The predicted octanol–water partition coefficient (Wildman–Crippen LogP) is 2.49. The van der Waals surface area contributed by atoms with Crippen molar-refractivity contribution in [2.24, 2.45) is 0 Å². The number of nitrogens with zero attached hydrogens (tertiary/aromatic N) is 2. The minimum absolute atomic E-state index is 0.0241. The number of anilines is 2. The highest BCUT2D eigenvalue weighted by Crippen LogP contribution is 2.19. The van der Waals surface area contributed by atoms with Crippen molar-refractivity contribution in [3.05, 3.63) is 24.3 Å². The van der Waals surface area contributed by atoms with Gasteiger partial charge in [0.2, 0.25) is 5.91 Å². The first-order valence-electron chi connectivity index (χ1n) is 8.07. The summed E-state index contributed by atoms with van der Waals surface area (Å²) in [6.07, 6.45) is 0. The van der Waals surface area contributed by atoms with E-state index in [0.29, 0.717) is 11.8 Å². The van der Waals surface area contributed by atoms with E-state index in [4.69, 9.17) is 4.74 Å². The molecule has 5 nitrogen and oxygen atoms in total. The summed E-state index contributed by atoms with van der Waals surface area (Å²) in [6.45, 7) is 8.13. The first-order chi connectivity index (χ1) is 11.0.